The molecule has 0 radical (unpaired) electrons. The second-order valence-electron chi connectivity index (χ2n) is 6.75. The van der Waals surface area contributed by atoms with Gasteiger partial charge in [0, 0.05) is 12.1 Å². The smallest absolute Gasteiger partial charge is 0.310 e. The minimum Gasteiger partial charge on any atom is -0.481 e. The molecule has 1 N–H and O–H groups in total. The molecule has 0 aromatic heterocycles. The summed E-state index contributed by atoms with van der Waals surface area (Å²) in [6.07, 6.45) is 4.80. The summed E-state index contributed by atoms with van der Waals surface area (Å²) < 4.78 is 5.48. The zero-order valence-electron chi connectivity index (χ0n) is 13.0. The lowest BCUT2D eigenvalue weighted by molar-refractivity contribution is -0.143. The van der Waals surface area contributed by atoms with Gasteiger partial charge >= 0.3 is 5.97 Å². The predicted molar refractivity (Wildman–Crippen MR) is 78.7 cm³/mol. The Morgan fingerprint density at radius 1 is 1.25 bits per heavy atom. The zero-order valence-corrected chi connectivity index (χ0v) is 13.0. The van der Waals surface area contributed by atoms with Crippen LogP contribution in [0.2, 0.25) is 0 Å². The Labute approximate surface area is 122 Å². The molecule has 0 spiro atoms. The molecule has 0 bridgehead atoms. The van der Waals surface area contributed by atoms with Crippen LogP contribution in [0.3, 0.4) is 0 Å². The van der Waals surface area contributed by atoms with E-state index in [-0.39, 0.29) is 12.0 Å². The number of hydrogen-bond acceptors (Lipinski definition) is 3. The van der Waals surface area contributed by atoms with Gasteiger partial charge in [0.25, 0.3) is 0 Å². The standard InChI is InChI=1S/C16H29NO3/c1-4-7-17(14-6-5-11(2)8-12(14)3)15-10-20-9-13(15)16(18)19/h11-15H,4-10H2,1-3H3,(H,18,19). The van der Waals surface area contributed by atoms with Crippen molar-refractivity contribution in [3.63, 3.8) is 0 Å². The molecule has 2 aliphatic rings. The fourth-order valence-corrected chi connectivity index (χ4v) is 4.08. The van der Waals surface area contributed by atoms with E-state index in [0.717, 1.165) is 18.9 Å². The number of nitrogens with zero attached hydrogens (tertiary/aromatic N) is 1. The number of carbonyl (C=O) groups is 1. The molecule has 5 unspecified atom stereocenters. The third kappa shape index (κ3) is 3.34. The lowest BCUT2D eigenvalue weighted by Crippen LogP contribution is -2.52. The van der Waals surface area contributed by atoms with Crippen molar-refractivity contribution in [3.8, 4) is 0 Å². The van der Waals surface area contributed by atoms with Gasteiger partial charge in [0.2, 0.25) is 0 Å². The second-order valence-corrected chi connectivity index (χ2v) is 6.75. The molecular formula is C16H29NO3. The maximum Gasteiger partial charge on any atom is 0.310 e. The van der Waals surface area contributed by atoms with Gasteiger partial charge < -0.3 is 9.84 Å². The van der Waals surface area contributed by atoms with E-state index in [1.807, 2.05) is 0 Å². The van der Waals surface area contributed by atoms with Gasteiger partial charge in [-0.2, -0.15) is 0 Å². The van der Waals surface area contributed by atoms with Gasteiger partial charge in [0.05, 0.1) is 19.1 Å². The molecule has 0 aromatic carbocycles. The number of hydrogen-bond donors (Lipinski definition) is 1. The summed E-state index contributed by atoms with van der Waals surface area (Å²) in [5, 5.41) is 9.40. The van der Waals surface area contributed by atoms with Crippen LogP contribution in [0, 0.1) is 17.8 Å². The lowest BCUT2D eigenvalue weighted by Gasteiger charge is -2.44. The van der Waals surface area contributed by atoms with E-state index in [2.05, 4.69) is 25.7 Å². The van der Waals surface area contributed by atoms with Crippen molar-refractivity contribution in [1.29, 1.82) is 0 Å². The Balaban J connectivity index is 2.11. The first kappa shape index (κ1) is 15.8. The molecule has 0 aromatic rings. The van der Waals surface area contributed by atoms with E-state index in [9.17, 15) is 9.90 Å². The Kier molecular flexibility index (Phi) is 5.44. The largest absolute Gasteiger partial charge is 0.481 e. The lowest BCUT2D eigenvalue weighted by atomic mass is 9.78. The third-order valence-corrected chi connectivity index (χ3v) is 5.09. The van der Waals surface area contributed by atoms with Crippen molar-refractivity contribution >= 4 is 5.97 Å². The Bertz CT molecular complexity index is 334. The molecule has 0 amide bonds. The minimum atomic E-state index is -0.703. The first-order valence-electron chi connectivity index (χ1n) is 8.10. The van der Waals surface area contributed by atoms with Gasteiger partial charge in [-0.25, -0.2) is 0 Å². The van der Waals surface area contributed by atoms with E-state index in [0.29, 0.717) is 25.2 Å². The first-order chi connectivity index (χ1) is 9.54. The average Bonchev–Trinajstić information content (AvgIpc) is 2.86. The highest BCUT2D eigenvalue weighted by Crippen LogP contribution is 2.35. The van der Waals surface area contributed by atoms with Crippen LogP contribution in [-0.4, -0.2) is 47.8 Å². The van der Waals surface area contributed by atoms with Crippen LogP contribution in [0.25, 0.3) is 0 Å². The monoisotopic (exact) mass is 283 g/mol. The van der Waals surface area contributed by atoms with Gasteiger partial charge in [-0.15, -0.1) is 0 Å². The van der Waals surface area contributed by atoms with Gasteiger partial charge in [-0.05, 0) is 44.1 Å². The fraction of sp³-hybridized carbons (Fsp3) is 0.938. The van der Waals surface area contributed by atoms with Crippen molar-refractivity contribution in [1.82, 2.24) is 4.90 Å². The van der Waals surface area contributed by atoms with Crippen LogP contribution in [0.15, 0.2) is 0 Å². The predicted octanol–water partition coefficient (Wildman–Crippen LogP) is 2.62. The fourth-order valence-electron chi connectivity index (χ4n) is 4.08. The van der Waals surface area contributed by atoms with Crippen molar-refractivity contribution in [2.45, 2.75) is 58.5 Å². The summed E-state index contributed by atoms with van der Waals surface area (Å²) in [6.45, 7) is 8.77. The number of carboxylic acids is 1. The van der Waals surface area contributed by atoms with Crippen LogP contribution in [-0.2, 0) is 9.53 Å². The van der Waals surface area contributed by atoms with Crippen LogP contribution in [0.4, 0.5) is 0 Å². The third-order valence-electron chi connectivity index (χ3n) is 5.09. The Morgan fingerprint density at radius 3 is 2.60 bits per heavy atom. The van der Waals surface area contributed by atoms with E-state index >= 15 is 0 Å². The zero-order chi connectivity index (χ0) is 14.7. The summed E-state index contributed by atoms with van der Waals surface area (Å²) in [5.41, 5.74) is 0. The maximum atomic E-state index is 11.4. The molecule has 5 atom stereocenters. The maximum absolute atomic E-state index is 11.4. The average molecular weight is 283 g/mol. The summed E-state index contributed by atoms with van der Waals surface area (Å²) in [7, 11) is 0. The van der Waals surface area contributed by atoms with E-state index < -0.39 is 5.97 Å². The van der Waals surface area contributed by atoms with E-state index in [1.165, 1.54) is 19.3 Å². The SMILES string of the molecule is CCCN(C1CCC(C)CC1C)C1COCC1C(=O)O. The number of rotatable bonds is 5. The van der Waals surface area contributed by atoms with Crippen molar-refractivity contribution in [2.75, 3.05) is 19.8 Å². The summed E-state index contributed by atoms with van der Waals surface area (Å²) in [5.74, 6) is 0.402. The topological polar surface area (TPSA) is 49.8 Å². The molecule has 1 heterocycles. The van der Waals surface area contributed by atoms with Gasteiger partial charge in [-0.3, -0.25) is 9.69 Å². The first-order valence-corrected chi connectivity index (χ1v) is 8.10. The molecule has 20 heavy (non-hydrogen) atoms. The molecule has 1 saturated carbocycles. The number of carboxylic acid groups (broad SMARTS) is 1. The second kappa shape index (κ2) is 6.90. The van der Waals surface area contributed by atoms with Gasteiger partial charge in [0.1, 0.15) is 0 Å². The Morgan fingerprint density at radius 2 is 2.00 bits per heavy atom. The van der Waals surface area contributed by atoms with Crippen molar-refractivity contribution in [3.05, 3.63) is 0 Å². The summed E-state index contributed by atoms with van der Waals surface area (Å²) >= 11 is 0. The molecule has 1 saturated heterocycles. The molecule has 4 nitrogen and oxygen atoms in total. The highest BCUT2D eigenvalue weighted by Gasteiger charge is 2.42. The van der Waals surface area contributed by atoms with Crippen LogP contribution in [0.5, 0.6) is 0 Å². The van der Waals surface area contributed by atoms with Crippen molar-refractivity contribution < 1.29 is 14.6 Å². The number of aliphatic carboxylic acids is 1. The summed E-state index contributed by atoms with van der Waals surface area (Å²) in [4.78, 5) is 13.9. The molecule has 116 valence electrons. The van der Waals surface area contributed by atoms with E-state index in [1.54, 1.807) is 0 Å². The molecule has 1 aliphatic heterocycles. The normalized spacial score (nSPS) is 38.3. The van der Waals surface area contributed by atoms with Crippen LogP contribution < -0.4 is 0 Å². The van der Waals surface area contributed by atoms with Crippen molar-refractivity contribution in [2.24, 2.45) is 17.8 Å². The quantitative estimate of drug-likeness (QED) is 0.842. The molecule has 1 aliphatic carbocycles. The van der Waals surface area contributed by atoms with E-state index in [4.69, 9.17) is 4.74 Å². The van der Waals surface area contributed by atoms with Gasteiger partial charge in [-0.1, -0.05) is 20.8 Å². The Hall–Kier alpha value is -0.610. The number of ether oxygens (including phenoxy) is 1. The minimum absolute atomic E-state index is 0.0632. The highest BCUT2D eigenvalue weighted by atomic mass is 16.5. The van der Waals surface area contributed by atoms with Crippen LogP contribution >= 0.6 is 0 Å². The molecular weight excluding hydrogens is 254 g/mol. The molecule has 2 fully saturated rings. The van der Waals surface area contributed by atoms with Crippen LogP contribution in [0.1, 0.15) is 46.5 Å². The molecule has 2 rings (SSSR count). The summed E-state index contributed by atoms with van der Waals surface area (Å²) in [6, 6.07) is 0.591. The molecule has 4 heteroatoms. The van der Waals surface area contributed by atoms with Gasteiger partial charge in [0.15, 0.2) is 0 Å². The highest BCUT2D eigenvalue weighted by molar-refractivity contribution is 5.71.